The van der Waals surface area contributed by atoms with Gasteiger partial charge in [-0.05, 0) is 13.3 Å². The van der Waals surface area contributed by atoms with Crippen molar-refractivity contribution in [3.63, 3.8) is 0 Å². The van der Waals surface area contributed by atoms with Gasteiger partial charge >= 0.3 is 7.82 Å². The number of phosphoric acid groups is 1. The Labute approximate surface area is 236 Å². The van der Waals surface area contributed by atoms with E-state index in [4.69, 9.17) is 18.5 Å². The molecule has 1 aliphatic rings. The van der Waals surface area contributed by atoms with Gasteiger partial charge in [0, 0.05) is 13.0 Å². The Morgan fingerprint density at radius 1 is 0.895 bits per heavy atom. The average molecular weight is 577 g/mol. The minimum atomic E-state index is -4.11. The van der Waals surface area contributed by atoms with Gasteiger partial charge in [0.25, 0.3) is 0 Å². The van der Waals surface area contributed by atoms with E-state index in [0.717, 1.165) is 12.8 Å². The Kier molecular flexibility index (Phi) is 18.3. The van der Waals surface area contributed by atoms with Crippen molar-refractivity contribution in [2.75, 3.05) is 33.0 Å². The second kappa shape index (κ2) is 20.5. The van der Waals surface area contributed by atoms with Gasteiger partial charge in [0.1, 0.15) is 0 Å². The predicted octanol–water partition coefficient (Wildman–Crippen LogP) is 8.17. The van der Waals surface area contributed by atoms with Crippen LogP contribution in [-0.4, -0.2) is 43.5 Å². The molecule has 1 saturated heterocycles. The third-order valence-electron chi connectivity index (χ3n) is 7.49. The molecule has 38 heavy (non-hydrogen) atoms. The molecular formula is C29H55NO6PS+. The molecule has 3 atom stereocenters. The minimum Gasteiger partial charge on any atom is -0.378 e. The molecule has 0 bridgehead atoms. The third kappa shape index (κ3) is 13.8. The Bertz CT molecular complexity index is 737. The van der Waals surface area contributed by atoms with Crippen LogP contribution in [0.2, 0.25) is 0 Å². The fourth-order valence-corrected chi connectivity index (χ4v) is 6.70. The van der Waals surface area contributed by atoms with Crippen LogP contribution in [0.4, 0.5) is 0 Å². The van der Waals surface area contributed by atoms with E-state index in [1.165, 1.54) is 96.3 Å². The molecule has 9 heteroatoms. The van der Waals surface area contributed by atoms with Gasteiger partial charge in [-0.3, -0.25) is 9.05 Å². The van der Waals surface area contributed by atoms with Crippen LogP contribution in [0.3, 0.4) is 0 Å². The van der Waals surface area contributed by atoms with Gasteiger partial charge in [0.2, 0.25) is 5.51 Å². The van der Waals surface area contributed by atoms with Crippen molar-refractivity contribution in [2.24, 2.45) is 0 Å². The number of phosphoric ester groups is 1. The molecule has 1 aliphatic heterocycles. The SMILES string of the molecule is CCCCCCCCCCCCCCCCCCOCC1(COP(=O)(O)OCC)OCCC1[n+]1ccsc1. The number of unbranched alkanes of at least 4 members (excludes halogenated alkanes) is 15. The number of nitrogens with zero attached hydrogens (tertiary/aromatic N) is 1. The predicted molar refractivity (Wildman–Crippen MR) is 155 cm³/mol. The van der Waals surface area contributed by atoms with Crippen LogP contribution in [0.15, 0.2) is 17.1 Å². The largest absolute Gasteiger partial charge is 0.472 e. The number of thiazole rings is 1. The Morgan fingerprint density at radius 2 is 1.47 bits per heavy atom. The molecular weight excluding hydrogens is 521 g/mol. The van der Waals surface area contributed by atoms with Crippen LogP contribution in [0.5, 0.6) is 0 Å². The zero-order chi connectivity index (χ0) is 27.4. The lowest BCUT2D eigenvalue weighted by molar-refractivity contribution is -0.728. The molecule has 0 radical (unpaired) electrons. The lowest BCUT2D eigenvalue weighted by Crippen LogP contribution is -2.55. The second-order valence-electron chi connectivity index (χ2n) is 10.7. The number of hydrogen-bond donors (Lipinski definition) is 1. The standard InChI is InChI=1S/C29H54NO6PS/c1-3-5-6-7-8-9-10-11-12-13-14-15-16-17-18-19-22-33-25-29(26-36-37(31,32)35-4-2)28(20-23-34-29)30-21-24-38-27-30/h21,24,27-28H,3-20,22-23,25-26H2,1-2H3/p+1. The Hall–Kier alpha value is -0.340. The Balaban J connectivity index is 1.55. The van der Waals surface area contributed by atoms with E-state index in [2.05, 4.69) is 11.5 Å². The van der Waals surface area contributed by atoms with E-state index in [0.29, 0.717) is 19.8 Å². The molecule has 0 aromatic carbocycles. The average Bonchev–Trinajstić information content (AvgIpc) is 3.57. The first-order valence-electron chi connectivity index (χ1n) is 15.3. The van der Waals surface area contributed by atoms with Crippen molar-refractivity contribution in [3.8, 4) is 0 Å². The third-order valence-corrected chi connectivity index (χ3v) is 9.18. The van der Waals surface area contributed by atoms with Crippen molar-refractivity contribution in [2.45, 2.75) is 135 Å². The van der Waals surface area contributed by atoms with Crippen LogP contribution in [0, 0.1) is 0 Å². The normalized spacial score (nSPS) is 21.2. The number of ether oxygens (including phenoxy) is 2. The highest BCUT2D eigenvalue weighted by molar-refractivity contribution is 7.47. The van der Waals surface area contributed by atoms with Gasteiger partial charge in [-0.25, -0.2) is 4.57 Å². The zero-order valence-corrected chi connectivity index (χ0v) is 25.9. The number of rotatable bonds is 25. The first-order valence-corrected chi connectivity index (χ1v) is 17.7. The topological polar surface area (TPSA) is 78.1 Å². The van der Waals surface area contributed by atoms with Crippen LogP contribution >= 0.6 is 19.2 Å². The fourth-order valence-electron chi connectivity index (χ4n) is 5.28. The molecule has 3 unspecified atom stereocenters. The summed E-state index contributed by atoms with van der Waals surface area (Å²) in [5, 5.41) is 2.01. The van der Waals surface area contributed by atoms with Crippen molar-refractivity contribution in [1.29, 1.82) is 0 Å². The molecule has 7 nitrogen and oxygen atoms in total. The highest BCUT2D eigenvalue weighted by Gasteiger charge is 2.52. The van der Waals surface area contributed by atoms with Crippen LogP contribution in [-0.2, 0) is 23.1 Å². The summed E-state index contributed by atoms with van der Waals surface area (Å²) in [5.74, 6) is 0. The molecule has 222 valence electrons. The summed E-state index contributed by atoms with van der Waals surface area (Å²) in [6.07, 6.45) is 24.3. The summed E-state index contributed by atoms with van der Waals surface area (Å²) < 4.78 is 36.7. The summed E-state index contributed by atoms with van der Waals surface area (Å²) in [6, 6.07) is -0.0128. The maximum atomic E-state index is 12.2. The molecule has 2 heterocycles. The maximum Gasteiger partial charge on any atom is 0.472 e. The molecule has 2 rings (SSSR count). The molecule has 0 spiro atoms. The van der Waals surface area contributed by atoms with Crippen molar-refractivity contribution < 1.29 is 32.5 Å². The maximum absolute atomic E-state index is 12.2. The van der Waals surface area contributed by atoms with Gasteiger partial charge in [-0.1, -0.05) is 115 Å². The lowest BCUT2D eigenvalue weighted by atomic mass is 9.96. The monoisotopic (exact) mass is 576 g/mol. The Morgan fingerprint density at radius 3 is 2.00 bits per heavy atom. The van der Waals surface area contributed by atoms with E-state index in [1.54, 1.807) is 18.3 Å². The van der Waals surface area contributed by atoms with Gasteiger partial charge in [0.05, 0.1) is 31.8 Å². The van der Waals surface area contributed by atoms with E-state index in [1.807, 2.05) is 17.1 Å². The van der Waals surface area contributed by atoms with Gasteiger partial charge < -0.3 is 14.4 Å². The van der Waals surface area contributed by atoms with Crippen molar-refractivity contribution >= 4 is 19.2 Å². The first kappa shape index (κ1) is 33.9. The fraction of sp³-hybridized carbons (Fsp3) is 0.897. The second-order valence-corrected chi connectivity index (χ2v) is 12.9. The molecule has 0 amide bonds. The zero-order valence-electron chi connectivity index (χ0n) is 24.2. The lowest BCUT2D eigenvalue weighted by Gasteiger charge is -2.30. The molecule has 1 aromatic heterocycles. The van der Waals surface area contributed by atoms with Crippen molar-refractivity contribution in [1.82, 2.24) is 0 Å². The molecule has 1 N–H and O–H groups in total. The smallest absolute Gasteiger partial charge is 0.378 e. The molecule has 1 aromatic rings. The van der Waals surface area contributed by atoms with E-state index in [9.17, 15) is 9.46 Å². The summed E-state index contributed by atoms with van der Waals surface area (Å²) in [6.45, 7) is 5.55. The molecule has 0 saturated carbocycles. The van der Waals surface area contributed by atoms with Gasteiger partial charge in [-0.15, -0.1) is 0 Å². The van der Waals surface area contributed by atoms with Crippen LogP contribution < -0.4 is 4.57 Å². The van der Waals surface area contributed by atoms with E-state index < -0.39 is 13.4 Å². The summed E-state index contributed by atoms with van der Waals surface area (Å²) in [7, 11) is -4.11. The highest BCUT2D eigenvalue weighted by atomic mass is 32.1. The number of hydrogen-bond acceptors (Lipinski definition) is 6. The summed E-state index contributed by atoms with van der Waals surface area (Å²) >= 11 is 1.61. The van der Waals surface area contributed by atoms with Crippen LogP contribution in [0.1, 0.15) is 129 Å². The number of aromatic nitrogens is 1. The van der Waals surface area contributed by atoms with E-state index in [-0.39, 0.29) is 19.3 Å². The van der Waals surface area contributed by atoms with Crippen LogP contribution in [0.25, 0.3) is 0 Å². The molecule has 1 fully saturated rings. The highest BCUT2D eigenvalue weighted by Crippen LogP contribution is 2.46. The minimum absolute atomic E-state index is 0.0128. The van der Waals surface area contributed by atoms with Crippen molar-refractivity contribution in [3.05, 3.63) is 17.1 Å². The first-order chi connectivity index (χ1) is 18.5. The van der Waals surface area contributed by atoms with Gasteiger partial charge in [-0.2, -0.15) is 4.57 Å². The van der Waals surface area contributed by atoms with E-state index >= 15 is 0 Å². The summed E-state index contributed by atoms with van der Waals surface area (Å²) in [4.78, 5) is 9.94. The van der Waals surface area contributed by atoms with Gasteiger partial charge in [0.15, 0.2) is 17.8 Å². The molecule has 0 aliphatic carbocycles. The quantitative estimate of drug-likeness (QED) is 0.0719. The summed E-state index contributed by atoms with van der Waals surface area (Å²) in [5.41, 5.74) is 1.22.